The average Bonchev–Trinajstić information content (AvgIpc) is 2.89. The van der Waals surface area contributed by atoms with Crippen molar-refractivity contribution in [3.8, 4) is 11.3 Å². The van der Waals surface area contributed by atoms with Crippen molar-refractivity contribution in [1.82, 2.24) is 20.4 Å². The van der Waals surface area contributed by atoms with E-state index < -0.39 is 11.7 Å². The number of carbonyl (C=O) groups excluding carboxylic acids is 1. The Morgan fingerprint density at radius 2 is 2.11 bits per heavy atom. The molecule has 3 N–H and O–H groups in total. The lowest BCUT2D eigenvalue weighted by Gasteiger charge is -2.04. The minimum atomic E-state index is -0.711. The highest BCUT2D eigenvalue weighted by Gasteiger charge is 2.18. The van der Waals surface area contributed by atoms with Crippen LogP contribution in [0.1, 0.15) is 10.5 Å². The van der Waals surface area contributed by atoms with Gasteiger partial charge < -0.3 is 5.73 Å². The van der Waals surface area contributed by atoms with Gasteiger partial charge in [-0.2, -0.15) is 15.4 Å². The molecule has 6 nitrogen and oxygen atoms in total. The predicted octanol–water partition coefficient (Wildman–Crippen LogP) is 1.26. The highest BCUT2D eigenvalue weighted by molar-refractivity contribution is 6.01. The summed E-state index contributed by atoms with van der Waals surface area (Å²) in [5.41, 5.74) is 6.37. The summed E-state index contributed by atoms with van der Waals surface area (Å²) in [5, 5.41) is 10.3. The molecule has 0 radical (unpaired) electrons. The van der Waals surface area contributed by atoms with Gasteiger partial charge in [0, 0.05) is 17.1 Å². The molecule has 1 amide bonds. The van der Waals surface area contributed by atoms with E-state index in [0.29, 0.717) is 16.5 Å². The molecule has 1 aromatic carbocycles. The van der Waals surface area contributed by atoms with Crippen LogP contribution in [0.5, 0.6) is 0 Å². The number of hydrogen-bond donors (Lipinski definition) is 2. The zero-order valence-electron chi connectivity index (χ0n) is 9.59. The molecular formula is C12H8FN5O. The fraction of sp³-hybridized carbons (Fsp3) is 0. The average molecular weight is 257 g/mol. The van der Waals surface area contributed by atoms with Crippen LogP contribution >= 0.6 is 0 Å². The molecule has 0 aliphatic heterocycles. The topological polar surface area (TPSA) is 97.6 Å². The Kier molecular flexibility index (Phi) is 2.45. The SMILES string of the molecule is NC(=O)c1n[nH]nc1-c1ccc(F)c2cccnc12. The van der Waals surface area contributed by atoms with E-state index in [1.54, 1.807) is 12.1 Å². The number of H-pyrrole nitrogens is 1. The number of carbonyl (C=O) groups is 1. The van der Waals surface area contributed by atoms with Crippen LogP contribution < -0.4 is 5.73 Å². The monoisotopic (exact) mass is 257 g/mol. The van der Waals surface area contributed by atoms with E-state index in [2.05, 4.69) is 20.4 Å². The number of benzene rings is 1. The lowest BCUT2D eigenvalue weighted by atomic mass is 10.0. The highest BCUT2D eigenvalue weighted by atomic mass is 19.1. The molecule has 3 rings (SSSR count). The molecule has 0 aliphatic carbocycles. The minimum Gasteiger partial charge on any atom is -0.364 e. The van der Waals surface area contributed by atoms with Crippen molar-refractivity contribution in [3.05, 3.63) is 42.0 Å². The van der Waals surface area contributed by atoms with Gasteiger partial charge >= 0.3 is 0 Å². The van der Waals surface area contributed by atoms with Crippen LogP contribution in [0.15, 0.2) is 30.5 Å². The van der Waals surface area contributed by atoms with Crippen LogP contribution in [-0.2, 0) is 0 Å². The van der Waals surface area contributed by atoms with Gasteiger partial charge in [0.05, 0.1) is 5.52 Å². The molecule has 0 saturated carbocycles. The smallest absolute Gasteiger partial charge is 0.271 e. The molecule has 0 fully saturated rings. The molecule has 7 heteroatoms. The second-order valence-corrected chi connectivity index (χ2v) is 3.88. The Bertz CT molecular complexity index is 783. The Labute approximate surface area is 106 Å². The third kappa shape index (κ3) is 1.71. The maximum absolute atomic E-state index is 13.7. The molecule has 94 valence electrons. The van der Waals surface area contributed by atoms with E-state index in [1.165, 1.54) is 18.3 Å². The van der Waals surface area contributed by atoms with Gasteiger partial charge in [0.2, 0.25) is 0 Å². The molecule has 19 heavy (non-hydrogen) atoms. The van der Waals surface area contributed by atoms with Crippen molar-refractivity contribution in [1.29, 1.82) is 0 Å². The van der Waals surface area contributed by atoms with Crippen LogP contribution in [0.25, 0.3) is 22.2 Å². The quantitative estimate of drug-likeness (QED) is 0.722. The van der Waals surface area contributed by atoms with Crippen molar-refractivity contribution in [2.45, 2.75) is 0 Å². The first-order valence-electron chi connectivity index (χ1n) is 5.42. The number of fused-ring (bicyclic) bond motifs is 1. The zero-order chi connectivity index (χ0) is 13.4. The van der Waals surface area contributed by atoms with Crippen LogP contribution in [0, 0.1) is 5.82 Å². The van der Waals surface area contributed by atoms with Crippen LogP contribution in [0.3, 0.4) is 0 Å². The summed E-state index contributed by atoms with van der Waals surface area (Å²) in [6.45, 7) is 0. The lowest BCUT2D eigenvalue weighted by molar-refractivity contribution is 0.0996. The molecule has 0 spiro atoms. The Morgan fingerprint density at radius 1 is 1.26 bits per heavy atom. The number of aromatic nitrogens is 4. The van der Waals surface area contributed by atoms with E-state index in [-0.39, 0.29) is 11.4 Å². The summed E-state index contributed by atoms with van der Waals surface area (Å²) in [6.07, 6.45) is 1.54. The van der Waals surface area contributed by atoms with Gasteiger partial charge in [-0.25, -0.2) is 4.39 Å². The summed E-state index contributed by atoms with van der Waals surface area (Å²) in [5.74, 6) is -1.10. The van der Waals surface area contributed by atoms with Crippen LogP contribution in [-0.4, -0.2) is 26.3 Å². The molecule has 2 aromatic heterocycles. The molecular weight excluding hydrogens is 249 g/mol. The number of hydrogen-bond acceptors (Lipinski definition) is 4. The zero-order valence-corrected chi connectivity index (χ0v) is 9.59. The number of halogens is 1. The number of nitrogens with one attached hydrogen (secondary N) is 1. The first-order valence-corrected chi connectivity index (χ1v) is 5.42. The third-order valence-electron chi connectivity index (χ3n) is 2.75. The first kappa shape index (κ1) is 11.3. The van der Waals surface area contributed by atoms with Crippen molar-refractivity contribution < 1.29 is 9.18 Å². The lowest BCUT2D eigenvalue weighted by Crippen LogP contribution is -2.12. The fourth-order valence-electron chi connectivity index (χ4n) is 1.92. The summed E-state index contributed by atoms with van der Waals surface area (Å²) in [6, 6.07) is 6.02. The minimum absolute atomic E-state index is 0.00133. The van der Waals surface area contributed by atoms with Crippen molar-refractivity contribution >= 4 is 16.8 Å². The predicted molar refractivity (Wildman–Crippen MR) is 65.6 cm³/mol. The Balaban J connectivity index is 2.35. The number of amides is 1. The molecule has 0 bridgehead atoms. The number of nitrogens with zero attached hydrogens (tertiary/aromatic N) is 3. The van der Waals surface area contributed by atoms with E-state index in [1.807, 2.05) is 0 Å². The van der Waals surface area contributed by atoms with Crippen molar-refractivity contribution in [3.63, 3.8) is 0 Å². The molecule has 0 saturated heterocycles. The van der Waals surface area contributed by atoms with Gasteiger partial charge in [-0.1, -0.05) is 0 Å². The molecule has 3 aromatic rings. The summed E-state index contributed by atoms with van der Waals surface area (Å²) < 4.78 is 13.7. The second kappa shape index (κ2) is 4.13. The molecule has 2 heterocycles. The van der Waals surface area contributed by atoms with E-state index >= 15 is 0 Å². The summed E-state index contributed by atoms with van der Waals surface area (Å²) in [4.78, 5) is 15.4. The standard InChI is InChI=1S/C12H8FN5O/c13-8-4-3-7(9-6(8)2-1-5-15-9)10-11(12(14)19)17-18-16-10/h1-5H,(H2,14,19)(H,16,17,18). The maximum atomic E-state index is 13.7. The van der Waals surface area contributed by atoms with Gasteiger partial charge in [0.25, 0.3) is 5.91 Å². The van der Waals surface area contributed by atoms with Gasteiger partial charge in [0.15, 0.2) is 5.69 Å². The van der Waals surface area contributed by atoms with Gasteiger partial charge in [-0.3, -0.25) is 9.78 Å². The largest absolute Gasteiger partial charge is 0.364 e. The molecule has 0 aliphatic rings. The maximum Gasteiger partial charge on any atom is 0.271 e. The highest BCUT2D eigenvalue weighted by Crippen LogP contribution is 2.28. The van der Waals surface area contributed by atoms with Gasteiger partial charge in [-0.05, 0) is 24.3 Å². The number of rotatable bonds is 2. The van der Waals surface area contributed by atoms with E-state index in [4.69, 9.17) is 5.73 Å². The Morgan fingerprint density at radius 3 is 2.89 bits per heavy atom. The van der Waals surface area contributed by atoms with Gasteiger partial charge in [0.1, 0.15) is 11.5 Å². The third-order valence-corrected chi connectivity index (χ3v) is 2.75. The van der Waals surface area contributed by atoms with Crippen molar-refractivity contribution in [2.75, 3.05) is 0 Å². The normalized spacial score (nSPS) is 10.8. The summed E-state index contributed by atoms with van der Waals surface area (Å²) >= 11 is 0. The number of pyridine rings is 1. The first-order chi connectivity index (χ1) is 9.18. The van der Waals surface area contributed by atoms with E-state index in [0.717, 1.165) is 0 Å². The second-order valence-electron chi connectivity index (χ2n) is 3.88. The summed E-state index contributed by atoms with van der Waals surface area (Å²) in [7, 11) is 0. The number of nitrogens with two attached hydrogens (primary N) is 1. The van der Waals surface area contributed by atoms with Crippen LogP contribution in [0.4, 0.5) is 4.39 Å². The Hall–Kier alpha value is -2.83. The molecule has 0 unspecified atom stereocenters. The van der Waals surface area contributed by atoms with Crippen molar-refractivity contribution in [2.24, 2.45) is 5.73 Å². The van der Waals surface area contributed by atoms with Gasteiger partial charge in [-0.15, -0.1) is 0 Å². The fourth-order valence-corrected chi connectivity index (χ4v) is 1.92. The number of aromatic amines is 1. The van der Waals surface area contributed by atoms with E-state index in [9.17, 15) is 9.18 Å². The van der Waals surface area contributed by atoms with Crippen LogP contribution in [0.2, 0.25) is 0 Å². The molecule has 0 atom stereocenters. The number of primary amides is 1.